The van der Waals surface area contributed by atoms with Crippen molar-refractivity contribution in [3.05, 3.63) is 70.5 Å². The first kappa shape index (κ1) is 21.7. The third-order valence-corrected chi connectivity index (χ3v) is 6.41. The van der Waals surface area contributed by atoms with Gasteiger partial charge < -0.3 is 4.90 Å². The average Bonchev–Trinajstić information content (AvgIpc) is 3.22. The van der Waals surface area contributed by atoms with Crippen molar-refractivity contribution in [1.82, 2.24) is 14.8 Å². The van der Waals surface area contributed by atoms with E-state index >= 15 is 0 Å². The number of amides is 1. The molecule has 2 heterocycles. The van der Waals surface area contributed by atoms with Crippen LogP contribution in [0.4, 0.5) is 4.39 Å². The highest BCUT2D eigenvalue weighted by atomic mass is 19.1. The van der Waals surface area contributed by atoms with Crippen LogP contribution < -0.4 is 0 Å². The monoisotopic (exact) mass is 422 g/mol. The largest absolute Gasteiger partial charge is 0.301 e. The van der Waals surface area contributed by atoms with Crippen molar-refractivity contribution < 1.29 is 9.18 Å². The third-order valence-electron chi connectivity index (χ3n) is 6.41. The van der Waals surface area contributed by atoms with Gasteiger partial charge in [-0.15, -0.1) is 0 Å². The van der Waals surface area contributed by atoms with Crippen molar-refractivity contribution in [3.63, 3.8) is 0 Å². The van der Waals surface area contributed by atoms with Gasteiger partial charge >= 0.3 is 0 Å². The number of piperazine rings is 1. The fourth-order valence-corrected chi connectivity index (χ4v) is 4.45. The smallest absolute Gasteiger partial charge is 0.257 e. The van der Waals surface area contributed by atoms with E-state index in [0.29, 0.717) is 13.0 Å². The molecule has 31 heavy (non-hydrogen) atoms. The molecule has 0 aliphatic carbocycles. The lowest BCUT2D eigenvalue weighted by Crippen LogP contribution is -2.49. The summed E-state index contributed by atoms with van der Waals surface area (Å²) < 4.78 is 13.4. The first-order chi connectivity index (χ1) is 14.9. The molecule has 0 radical (unpaired) electrons. The van der Waals surface area contributed by atoms with E-state index < -0.39 is 0 Å². The van der Waals surface area contributed by atoms with Crippen LogP contribution in [0.3, 0.4) is 0 Å². The quantitative estimate of drug-likeness (QED) is 0.737. The number of carbonyl (C=O) groups is 1. The molecule has 1 fully saturated rings. The van der Waals surface area contributed by atoms with Gasteiger partial charge in [0, 0.05) is 32.6 Å². The minimum atomic E-state index is -0.271. The number of aryl methyl sites for hydroxylation is 2. The SMILES string of the molecule is CCN1CCN(CC(=O)N2N=C(c3ccc(F)cc3)CC2c2cc(C)ccc2C)CC1. The summed E-state index contributed by atoms with van der Waals surface area (Å²) in [6.07, 6.45) is 0.630. The molecule has 1 amide bonds. The van der Waals surface area contributed by atoms with Gasteiger partial charge in [-0.05, 0) is 49.2 Å². The summed E-state index contributed by atoms with van der Waals surface area (Å²) >= 11 is 0. The summed E-state index contributed by atoms with van der Waals surface area (Å²) in [5, 5.41) is 6.43. The third kappa shape index (κ3) is 4.86. The maximum absolute atomic E-state index is 13.4. The van der Waals surface area contributed by atoms with Crippen molar-refractivity contribution in [1.29, 1.82) is 0 Å². The van der Waals surface area contributed by atoms with Gasteiger partial charge in [-0.3, -0.25) is 9.69 Å². The molecule has 2 aromatic rings. The van der Waals surface area contributed by atoms with Crippen molar-refractivity contribution >= 4 is 11.6 Å². The van der Waals surface area contributed by atoms with Crippen LogP contribution in [0.1, 0.15) is 41.6 Å². The Balaban J connectivity index is 1.59. The normalized spacial score (nSPS) is 20.2. The molecule has 2 aliphatic rings. The van der Waals surface area contributed by atoms with E-state index in [1.807, 2.05) is 0 Å². The van der Waals surface area contributed by atoms with Gasteiger partial charge in [0.1, 0.15) is 5.82 Å². The number of hydrogen-bond donors (Lipinski definition) is 0. The Labute approximate surface area is 184 Å². The molecular weight excluding hydrogens is 391 g/mol. The van der Waals surface area contributed by atoms with E-state index in [1.165, 1.54) is 17.7 Å². The van der Waals surface area contributed by atoms with Crippen molar-refractivity contribution in [3.8, 4) is 0 Å². The Bertz CT molecular complexity index is 964. The zero-order chi connectivity index (χ0) is 22.0. The number of hydrazone groups is 1. The summed E-state index contributed by atoms with van der Waals surface area (Å²) in [4.78, 5) is 18.0. The standard InChI is InChI=1S/C25H31FN4O/c1-4-28-11-13-29(14-12-28)17-25(31)30-24(22-15-18(2)5-6-19(22)3)16-23(27-30)20-7-9-21(26)10-8-20/h5-10,15,24H,4,11-14,16-17H2,1-3H3. The Kier molecular flexibility index (Phi) is 6.49. The maximum atomic E-state index is 13.4. The van der Waals surface area contributed by atoms with Gasteiger partial charge in [0.25, 0.3) is 5.91 Å². The molecule has 0 N–H and O–H groups in total. The molecule has 6 heteroatoms. The predicted octanol–water partition coefficient (Wildman–Crippen LogP) is 3.76. The second-order valence-corrected chi connectivity index (χ2v) is 8.58. The topological polar surface area (TPSA) is 39.1 Å². The van der Waals surface area contributed by atoms with Crippen molar-refractivity contribution in [2.75, 3.05) is 39.3 Å². The van der Waals surface area contributed by atoms with E-state index in [1.54, 1.807) is 17.1 Å². The molecule has 2 aliphatic heterocycles. The second kappa shape index (κ2) is 9.28. The summed E-state index contributed by atoms with van der Waals surface area (Å²) in [7, 11) is 0. The van der Waals surface area contributed by atoms with Crippen LogP contribution in [-0.4, -0.2) is 65.7 Å². The van der Waals surface area contributed by atoms with Crippen molar-refractivity contribution in [2.24, 2.45) is 5.10 Å². The van der Waals surface area contributed by atoms with Gasteiger partial charge in [0.15, 0.2) is 0 Å². The minimum absolute atomic E-state index is 0.0213. The number of halogens is 1. The highest BCUT2D eigenvalue weighted by molar-refractivity contribution is 6.03. The molecule has 1 saturated heterocycles. The van der Waals surface area contributed by atoms with E-state index in [4.69, 9.17) is 5.10 Å². The summed E-state index contributed by atoms with van der Waals surface area (Å²) in [5.41, 5.74) is 5.14. The lowest BCUT2D eigenvalue weighted by atomic mass is 9.94. The lowest BCUT2D eigenvalue weighted by Gasteiger charge is -2.34. The summed E-state index contributed by atoms with van der Waals surface area (Å²) in [6, 6.07) is 12.6. The molecule has 0 bridgehead atoms. The Hall–Kier alpha value is -2.57. The highest BCUT2D eigenvalue weighted by Gasteiger charge is 2.34. The van der Waals surface area contributed by atoms with Crippen LogP contribution in [-0.2, 0) is 4.79 Å². The summed E-state index contributed by atoms with van der Waals surface area (Å²) in [5.74, 6) is -0.249. The van der Waals surface area contributed by atoms with Gasteiger partial charge in [0.2, 0.25) is 0 Å². The molecule has 0 spiro atoms. The fourth-order valence-electron chi connectivity index (χ4n) is 4.45. The zero-order valence-corrected chi connectivity index (χ0v) is 18.6. The van der Waals surface area contributed by atoms with E-state index in [0.717, 1.165) is 55.1 Å². The van der Waals surface area contributed by atoms with Crippen molar-refractivity contribution in [2.45, 2.75) is 33.2 Å². The van der Waals surface area contributed by atoms with Crippen LogP contribution in [0.25, 0.3) is 0 Å². The van der Waals surface area contributed by atoms with E-state index in [2.05, 4.69) is 48.8 Å². The van der Waals surface area contributed by atoms with Crippen LogP contribution >= 0.6 is 0 Å². The first-order valence-corrected chi connectivity index (χ1v) is 11.1. The maximum Gasteiger partial charge on any atom is 0.257 e. The van der Waals surface area contributed by atoms with E-state index in [9.17, 15) is 9.18 Å². The Morgan fingerprint density at radius 1 is 1.03 bits per heavy atom. The Morgan fingerprint density at radius 2 is 1.71 bits per heavy atom. The zero-order valence-electron chi connectivity index (χ0n) is 18.6. The number of nitrogens with zero attached hydrogens (tertiary/aromatic N) is 4. The van der Waals surface area contributed by atoms with Gasteiger partial charge in [-0.1, -0.05) is 42.8 Å². The second-order valence-electron chi connectivity index (χ2n) is 8.58. The lowest BCUT2D eigenvalue weighted by molar-refractivity contribution is -0.134. The van der Waals surface area contributed by atoms with Gasteiger partial charge in [-0.2, -0.15) is 5.10 Å². The number of rotatable bonds is 5. The molecule has 5 nitrogen and oxygen atoms in total. The molecule has 1 atom stereocenters. The summed E-state index contributed by atoms with van der Waals surface area (Å²) in [6.45, 7) is 11.5. The number of hydrogen-bond acceptors (Lipinski definition) is 4. The predicted molar refractivity (Wildman–Crippen MR) is 122 cm³/mol. The number of benzene rings is 2. The molecule has 1 unspecified atom stereocenters. The van der Waals surface area contributed by atoms with E-state index in [-0.39, 0.29) is 17.8 Å². The van der Waals surface area contributed by atoms with Crippen LogP contribution in [0.15, 0.2) is 47.6 Å². The molecular formula is C25H31FN4O. The van der Waals surface area contributed by atoms with Crippen LogP contribution in [0.5, 0.6) is 0 Å². The number of carbonyl (C=O) groups excluding carboxylic acids is 1. The molecule has 0 saturated carbocycles. The number of likely N-dealkylation sites (N-methyl/N-ethyl adjacent to an activating group) is 1. The molecule has 4 rings (SSSR count). The van der Waals surface area contributed by atoms with Gasteiger partial charge in [0.05, 0.1) is 18.3 Å². The minimum Gasteiger partial charge on any atom is -0.301 e. The van der Waals surface area contributed by atoms with Gasteiger partial charge in [-0.25, -0.2) is 9.40 Å². The molecule has 164 valence electrons. The Morgan fingerprint density at radius 3 is 2.39 bits per heavy atom. The molecule has 0 aromatic heterocycles. The average molecular weight is 423 g/mol. The van der Waals surface area contributed by atoms with Crippen LogP contribution in [0, 0.1) is 19.7 Å². The highest BCUT2D eigenvalue weighted by Crippen LogP contribution is 2.35. The fraction of sp³-hybridized carbons (Fsp3) is 0.440. The molecule has 2 aromatic carbocycles. The van der Waals surface area contributed by atoms with Crippen LogP contribution in [0.2, 0.25) is 0 Å². The first-order valence-electron chi connectivity index (χ1n) is 11.1.